The van der Waals surface area contributed by atoms with Crippen molar-refractivity contribution in [3.8, 4) is 0 Å². The second kappa shape index (κ2) is 12.9. The van der Waals surface area contributed by atoms with Crippen LogP contribution in [-0.4, -0.2) is 88.2 Å². The molecule has 2 aromatic carbocycles. The average molecular weight is 571 g/mol. The summed E-state index contributed by atoms with van der Waals surface area (Å²) in [6.07, 6.45) is 10.1. The molecule has 42 heavy (non-hydrogen) atoms. The molecule has 3 aliphatic rings. The lowest BCUT2D eigenvalue weighted by atomic mass is 9.89. The number of amides is 3. The Labute approximate surface area is 249 Å². The van der Waals surface area contributed by atoms with Crippen LogP contribution in [0, 0.1) is 13.8 Å². The van der Waals surface area contributed by atoms with E-state index in [1.54, 1.807) is 0 Å². The molecule has 4 heterocycles. The van der Waals surface area contributed by atoms with E-state index in [0.29, 0.717) is 31.5 Å². The molecule has 0 aliphatic carbocycles. The van der Waals surface area contributed by atoms with Crippen LogP contribution in [0.4, 0.5) is 4.79 Å². The number of aromatic nitrogens is 2. The van der Waals surface area contributed by atoms with Crippen molar-refractivity contribution in [3.05, 3.63) is 64.8 Å². The number of hydrogen-bond acceptors (Lipinski definition) is 4. The molecule has 8 nitrogen and oxygen atoms in total. The van der Waals surface area contributed by atoms with Gasteiger partial charge in [0, 0.05) is 44.0 Å². The summed E-state index contributed by atoms with van der Waals surface area (Å²) in [6.45, 7) is 9.46. The molecule has 2 N–H and O–H groups in total. The third-order valence-corrected chi connectivity index (χ3v) is 9.86. The van der Waals surface area contributed by atoms with E-state index in [0.717, 1.165) is 60.8 Å². The normalized spacial score (nSPS) is 20.1. The lowest BCUT2D eigenvalue weighted by Crippen LogP contribution is -2.56. The highest BCUT2D eigenvalue weighted by Gasteiger charge is 2.33. The van der Waals surface area contributed by atoms with Crippen LogP contribution in [0.5, 0.6) is 0 Å². The Morgan fingerprint density at radius 1 is 0.905 bits per heavy atom. The predicted octanol–water partition coefficient (Wildman–Crippen LogP) is 5.16. The molecule has 3 aliphatic heterocycles. The number of hydrogen-bond donors (Lipinski definition) is 2. The number of urea groups is 1. The van der Waals surface area contributed by atoms with Gasteiger partial charge in [0.05, 0.1) is 11.7 Å². The fourth-order valence-corrected chi connectivity index (χ4v) is 7.32. The highest BCUT2D eigenvalue weighted by atomic mass is 16.2. The first-order chi connectivity index (χ1) is 20.4. The van der Waals surface area contributed by atoms with Gasteiger partial charge in [0.15, 0.2) is 0 Å². The third kappa shape index (κ3) is 6.48. The van der Waals surface area contributed by atoms with Crippen LogP contribution in [0.15, 0.2) is 42.6 Å². The number of carbonyl (C=O) groups is 2. The van der Waals surface area contributed by atoms with Gasteiger partial charge in [0.2, 0.25) is 5.91 Å². The Balaban J connectivity index is 1.12. The van der Waals surface area contributed by atoms with Gasteiger partial charge in [-0.25, -0.2) is 4.79 Å². The molecule has 3 aromatic rings. The summed E-state index contributed by atoms with van der Waals surface area (Å²) >= 11 is 0. The standard InChI is InChI=1S/C34H46N6O2/c1-24-6-8-27(9-7-24)28-10-16-40(17-11-28)34(42)36-31(22-26-20-25(2)32-29(21-26)23-35-37-32)33(41)39-18-12-30(13-19-39)38-14-4-3-5-15-38/h6-9,20-21,23,28,30-31H,3-5,10-19,22H2,1-2H3,(H,35,37)(H,36,42)/t31-/m1/s1. The minimum atomic E-state index is -0.595. The van der Waals surface area contributed by atoms with Crippen molar-refractivity contribution in [2.24, 2.45) is 0 Å². The molecule has 0 saturated carbocycles. The molecule has 3 saturated heterocycles. The van der Waals surface area contributed by atoms with E-state index < -0.39 is 6.04 Å². The smallest absolute Gasteiger partial charge is 0.318 e. The minimum Gasteiger partial charge on any atom is -0.341 e. The molecule has 0 bridgehead atoms. The molecular weight excluding hydrogens is 524 g/mol. The summed E-state index contributed by atoms with van der Waals surface area (Å²) in [5.41, 5.74) is 5.78. The Kier molecular flexibility index (Phi) is 8.79. The molecular formula is C34H46N6O2. The van der Waals surface area contributed by atoms with Crippen molar-refractivity contribution in [1.29, 1.82) is 0 Å². The zero-order valence-electron chi connectivity index (χ0n) is 25.3. The van der Waals surface area contributed by atoms with Crippen LogP contribution < -0.4 is 5.32 Å². The second-order valence-corrected chi connectivity index (χ2v) is 12.8. The number of likely N-dealkylation sites (tertiary alicyclic amines) is 3. The summed E-state index contributed by atoms with van der Waals surface area (Å²) < 4.78 is 0. The van der Waals surface area contributed by atoms with E-state index in [4.69, 9.17) is 0 Å². The summed E-state index contributed by atoms with van der Waals surface area (Å²) in [5, 5.41) is 11.5. The van der Waals surface area contributed by atoms with Crippen molar-refractivity contribution in [3.63, 3.8) is 0 Å². The monoisotopic (exact) mass is 570 g/mol. The van der Waals surface area contributed by atoms with Gasteiger partial charge in [-0.05, 0) is 94.1 Å². The van der Waals surface area contributed by atoms with Crippen LogP contribution >= 0.6 is 0 Å². The molecule has 3 fully saturated rings. The molecule has 8 heteroatoms. The maximum absolute atomic E-state index is 14.0. The second-order valence-electron chi connectivity index (χ2n) is 12.8. The number of aryl methyl sites for hydroxylation is 2. The van der Waals surface area contributed by atoms with E-state index >= 15 is 0 Å². The van der Waals surface area contributed by atoms with E-state index in [-0.39, 0.29) is 11.9 Å². The van der Waals surface area contributed by atoms with Gasteiger partial charge >= 0.3 is 6.03 Å². The minimum absolute atomic E-state index is 0.0416. The number of fused-ring (bicyclic) bond motifs is 1. The third-order valence-electron chi connectivity index (χ3n) is 9.86. The molecule has 0 radical (unpaired) electrons. The van der Waals surface area contributed by atoms with Crippen LogP contribution in [0.1, 0.15) is 73.1 Å². The van der Waals surface area contributed by atoms with E-state index in [1.165, 1.54) is 43.5 Å². The quantitative estimate of drug-likeness (QED) is 0.429. The molecule has 1 atom stereocenters. The van der Waals surface area contributed by atoms with Crippen molar-refractivity contribution < 1.29 is 9.59 Å². The molecule has 0 unspecified atom stereocenters. The number of benzene rings is 2. The van der Waals surface area contributed by atoms with Gasteiger partial charge in [-0.3, -0.25) is 9.89 Å². The zero-order valence-corrected chi connectivity index (χ0v) is 25.3. The topological polar surface area (TPSA) is 84.6 Å². The Morgan fingerprint density at radius 3 is 2.31 bits per heavy atom. The average Bonchev–Trinajstić information content (AvgIpc) is 3.51. The van der Waals surface area contributed by atoms with E-state index in [9.17, 15) is 9.59 Å². The van der Waals surface area contributed by atoms with Crippen LogP contribution in [0.3, 0.4) is 0 Å². The Morgan fingerprint density at radius 2 is 1.60 bits per heavy atom. The van der Waals surface area contributed by atoms with Gasteiger partial charge in [-0.2, -0.15) is 5.10 Å². The molecule has 224 valence electrons. The number of rotatable bonds is 6. The van der Waals surface area contributed by atoms with E-state index in [1.807, 2.05) is 16.0 Å². The number of nitrogens with zero attached hydrogens (tertiary/aromatic N) is 4. The van der Waals surface area contributed by atoms with Crippen LogP contribution in [-0.2, 0) is 11.2 Å². The maximum Gasteiger partial charge on any atom is 0.318 e. The Hall–Kier alpha value is -3.39. The first-order valence-corrected chi connectivity index (χ1v) is 16.0. The van der Waals surface area contributed by atoms with Gasteiger partial charge in [0.1, 0.15) is 6.04 Å². The zero-order chi connectivity index (χ0) is 29.1. The summed E-state index contributed by atoms with van der Waals surface area (Å²) in [6, 6.07) is 12.8. The van der Waals surface area contributed by atoms with Crippen molar-refractivity contribution in [2.45, 2.75) is 83.2 Å². The predicted molar refractivity (Wildman–Crippen MR) is 167 cm³/mol. The van der Waals surface area contributed by atoms with Gasteiger partial charge < -0.3 is 20.0 Å². The van der Waals surface area contributed by atoms with Crippen molar-refractivity contribution in [1.82, 2.24) is 30.2 Å². The van der Waals surface area contributed by atoms with Crippen LogP contribution in [0.2, 0.25) is 0 Å². The van der Waals surface area contributed by atoms with Gasteiger partial charge in [-0.1, -0.05) is 42.3 Å². The first-order valence-electron chi connectivity index (χ1n) is 16.0. The number of carbonyl (C=O) groups excluding carboxylic acids is 2. The number of nitrogens with one attached hydrogen (secondary N) is 2. The van der Waals surface area contributed by atoms with Crippen molar-refractivity contribution in [2.75, 3.05) is 39.3 Å². The van der Waals surface area contributed by atoms with E-state index in [2.05, 4.69) is 70.7 Å². The van der Waals surface area contributed by atoms with Gasteiger partial charge in [-0.15, -0.1) is 0 Å². The molecule has 0 spiro atoms. The largest absolute Gasteiger partial charge is 0.341 e. The fraction of sp³-hybridized carbons (Fsp3) is 0.559. The summed E-state index contributed by atoms with van der Waals surface area (Å²) in [5.74, 6) is 0.512. The number of H-pyrrole nitrogens is 1. The molecule has 3 amide bonds. The highest BCUT2D eigenvalue weighted by Crippen LogP contribution is 2.29. The molecule has 1 aromatic heterocycles. The lowest BCUT2D eigenvalue weighted by Gasteiger charge is -2.41. The van der Waals surface area contributed by atoms with Crippen LogP contribution in [0.25, 0.3) is 10.9 Å². The Bertz CT molecular complexity index is 1360. The number of piperidine rings is 3. The fourth-order valence-electron chi connectivity index (χ4n) is 7.32. The molecule has 6 rings (SSSR count). The lowest BCUT2D eigenvalue weighted by molar-refractivity contribution is -0.134. The van der Waals surface area contributed by atoms with Crippen molar-refractivity contribution >= 4 is 22.8 Å². The highest BCUT2D eigenvalue weighted by molar-refractivity contribution is 5.88. The SMILES string of the molecule is Cc1ccc(C2CCN(C(=O)N[C@H](Cc3cc(C)c4[nH]ncc4c3)C(=O)N3CCC(N4CCCCC4)CC3)CC2)cc1. The first kappa shape index (κ1) is 28.7. The van der Waals surface area contributed by atoms with Gasteiger partial charge in [0.25, 0.3) is 0 Å². The summed E-state index contributed by atoms with van der Waals surface area (Å²) in [7, 11) is 0. The maximum atomic E-state index is 14.0. The number of aromatic amines is 1. The summed E-state index contributed by atoms with van der Waals surface area (Å²) in [4.78, 5) is 34.2.